The maximum absolute atomic E-state index is 12.2. The Morgan fingerprint density at radius 1 is 1.57 bits per heavy atom. The number of hydrogen-bond acceptors (Lipinski definition) is 4. The van der Waals surface area contributed by atoms with Crippen LogP contribution in [-0.2, 0) is 17.8 Å². The first kappa shape index (κ1) is 15.7. The van der Waals surface area contributed by atoms with Gasteiger partial charge in [-0.05, 0) is 49.2 Å². The average Bonchev–Trinajstić information content (AvgIpc) is 3.26. The van der Waals surface area contributed by atoms with Crippen molar-refractivity contribution in [3.05, 3.63) is 40.4 Å². The van der Waals surface area contributed by atoms with Crippen LogP contribution in [0.4, 0.5) is 0 Å². The highest BCUT2D eigenvalue weighted by Gasteiger charge is 2.43. The Bertz CT molecular complexity index is 767. The highest BCUT2D eigenvalue weighted by atomic mass is 32.1. The summed E-state index contributed by atoms with van der Waals surface area (Å²) < 4.78 is 2.54. The molecule has 1 aromatic heterocycles. The van der Waals surface area contributed by atoms with Crippen LogP contribution in [0.5, 0.6) is 5.75 Å². The third kappa shape index (κ3) is 3.44. The molecule has 2 atom stereocenters. The second kappa shape index (κ2) is 6.54. The van der Waals surface area contributed by atoms with E-state index in [4.69, 9.17) is 12.2 Å². The molecule has 0 aliphatic heterocycles. The fraction of sp³-hybridized carbons (Fsp3) is 0.438. The highest BCUT2D eigenvalue weighted by Crippen LogP contribution is 2.48. The number of phenols is 1. The normalized spacial score (nSPS) is 19.5. The van der Waals surface area contributed by atoms with Gasteiger partial charge in [-0.15, -0.1) is 0 Å². The van der Waals surface area contributed by atoms with Gasteiger partial charge < -0.3 is 15.0 Å². The Kier molecular flexibility index (Phi) is 4.47. The molecule has 2 aromatic rings. The SMILES string of the molecule is CCn1c(CCNC(=O)[C@H]2C[C@H]2c2cccc(O)c2)n[nH]c1=S. The molecular weight excluding hydrogens is 312 g/mol. The van der Waals surface area contributed by atoms with Gasteiger partial charge in [-0.2, -0.15) is 5.10 Å². The number of H-pyrrole nitrogens is 1. The molecule has 3 rings (SSSR count). The maximum Gasteiger partial charge on any atom is 0.223 e. The van der Waals surface area contributed by atoms with Crippen LogP contribution in [0.3, 0.4) is 0 Å². The molecule has 23 heavy (non-hydrogen) atoms. The minimum absolute atomic E-state index is 0.00352. The standard InChI is InChI=1S/C16H20N4O2S/c1-2-20-14(18-19-16(20)23)6-7-17-15(22)13-9-12(13)10-4-3-5-11(21)8-10/h3-5,8,12-13,21H,2,6-7,9H2,1H3,(H,17,22)(H,19,23)/t12-,13-/m0/s1. The molecule has 0 spiro atoms. The van der Waals surface area contributed by atoms with Gasteiger partial charge in [-0.3, -0.25) is 9.89 Å². The molecule has 3 N–H and O–H groups in total. The van der Waals surface area contributed by atoms with Crippen LogP contribution < -0.4 is 5.32 Å². The van der Waals surface area contributed by atoms with Crippen molar-refractivity contribution in [1.82, 2.24) is 20.1 Å². The summed E-state index contributed by atoms with van der Waals surface area (Å²) >= 11 is 5.14. The van der Waals surface area contributed by atoms with Gasteiger partial charge in [0.2, 0.25) is 5.91 Å². The molecule has 7 heteroatoms. The largest absolute Gasteiger partial charge is 0.508 e. The summed E-state index contributed by atoms with van der Waals surface area (Å²) in [5.41, 5.74) is 1.03. The smallest absolute Gasteiger partial charge is 0.223 e. The summed E-state index contributed by atoms with van der Waals surface area (Å²) in [6.45, 7) is 3.32. The van der Waals surface area contributed by atoms with Gasteiger partial charge in [0.25, 0.3) is 0 Å². The van der Waals surface area contributed by atoms with Crippen molar-refractivity contribution in [2.45, 2.75) is 32.2 Å². The van der Waals surface area contributed by atoms with E-state index in [1.807, 2.05) is 23.6 Å². The fourth-order valence-electron chi connectivity index (χ4n) is 2.90. The van der Waals surface area contributed by atoms with Gasteiger partial charge in [-0.1, -0.05) is 12.1 Å². The van der Waals surface area contributed by atoms with Crippen LogP contribution in [0.15, 0.2) is 24.3 Å². The Labute approximate surface area is 139 Å². The van der Waals surface area contributed by atoms with Gasteiger partial charge in [-0.25, -0.2) is 0 Å². The van der Waals surface area contributed by atoms with Gasteiger partial charge >= 0.3 is 0 Å². The van der Waals surface area contributed by atoms with E-state index in [1.165, 1.54) is 0 Å². The van der Waals surface area contributed by atoms with Crippen LogP contribution in [0.1, 0.15) is 30.7 Å². The Morgan fingerprint density at radius 2 is 2.39 bits per heavy atom. The number of aromatic amines is 1. The number of carbonyl (C=O) groups excluding carboxylic acids is 1. The van der Waals surface area contributed by atoms with Crippen molar-refractivity contribution in [3.8, 4) is 5.75 Å². The number of rotatable bonds is 6. The van der Waals surface area contributed by atoms with E-state index in [0.717, 1.165) is 24.4 Å². The van der Waals surface area contributed by atoms with Gasteiger partial charge in [0.1, 0.15) is 11.6 Å². The van der Waals surface area contributed by atoms with E-state index in [2.05, 4.69) is 15.5 Å². The zero-order valence-electron chi connectivity index (χ0n) is 13.0. The number of nitrogens with one attached hydrogen (secondary N) is 2. The van der Waals surface area contributed by atoms with Crippen LogP contribution in [0.25, 0.3) is 0 Å². The molecule has 1 aromatic carbocycles. The second-order valence-corrected chi connectivity index (χ2v) is 6.16. The molecule has 1 aliphatic rings. The number of nitrogens with zero attached hydrogens (tertiary/aromatic N) is 2. The zero-order chi connectivity index (χ0) is 16.4. The molecule has 1 fully saturated rings. The minimum atomic E-state index is 0.00352. The van der Waals surface area contributed by atoms with Crippen molar-refractivity contribution < 1.29 is 9.90 Å². The van der Waals surface area contributed by atoms with Crippen molar-refractivity contribution in [2.75, 3.05) is 6.54 Å². The Morgan fingerprint density at radius 3 is 3.13 bits per heavy atom. The molecule has 0 radical (unpaired) electrons. The Hall–Kier alpha value is -2.15. The van der Waals surface area contributed by atoms with Crippen molar-refractivity contribution >= 4 is 18.1 Å². The first-order valence-corrected chi connectivity index (χ1v) is 8.21. The number of hydrogen-bond donors (Lipinski definition) is 3. The van der Waals surface area contributed by atoms with E-state index in [9.17, 15) is 9.90 Å². The molecular formula is C16H20N4O2S. The summed E-state index contributed by atoms with van der Waals surface area (Å²) in [6.07, 6.45) is 1.49. The average molecular weight is 332 g/mol. The molecule has 1 saturated carbocycles. The molecule has 1 amide bonds. The molecule has 0 saturated heterocycles. The maximum atomic E-state index is 12.2. The third-order valence-corrected chi connectivity index (χ3v) is 4.54. The first-order chi connectivity index (χ1) is 11.1. The molecule has 122 valence electrons. The number of phenolic OH excluding ortho intramolecular Hbond substituents is 1. The number of amides is 1. The van der Waals surface area contributed by atoms with E-state index in [0.29, 0.717) is 17.7 Å². The molecule has 6 nitrogen and oxygen atoms in total. The van der Waals surface area contributed by atoms with Crippen LogP contribution in [0.2, 0.25) is 0 Å². The molecule has 1 heterocycles. The summed E-state index contributed by atoms with van der Waals surface area (Å²) in [5, 5.41) is 19.4. The van der Waals surface area contributed by atoms with Crippen molar-refractivity contribution in [2.24, 2.45) is 5.92 Å². The first-order valence-electron chi connectivity index (χ1n) is 7.81. The Balaban J connectivity index is 1.50. The highest BCUT2D eigenvalue weighted by molar-refractivity contribution is 7.71. The monoisotopic (exact) mass is 332 g/mol. The lowest BCUT2D eigenvalue weighted by Gasteiger charge is -2.06. The third-order valence-electron chi connectivity index (χ3n) is 4.23. The van der Waals surface area contributed by atoms with E-state index in [1.54, 1.807) is 12.1 Å². The summed E-state index contributed by atoms with van der Waals surface area (Å²) in [5.74, 6) is 1.39. The van der Waals surface area contributed by atoms with Gasteiger partial charge in [0, 0.05) is 25.4 Å². The minimum Gasteiger partial charge on any atom is -0.508 e. The lowest BCUT2D eigenvalue weighted by atomic mass is 10.1. The quantitative estimate of drug-likeness (QED) is 0.708. The summed E-state index contributed by atoms with van der Waals surface area (Å²) in [7, 11) is 0. The predicted molar refractivity (Wildman–Crippen MR) is 88.8 cm³/mol. The van der Waals surface area contributed by atoms with Gasteiger partial charge in [0.15, 0.2) is 4.77 Å². The zero-order valence-corrected chi connectivity index (χ0v) is 13.8. The molecule has 0 unspecified atom stereocenters. The second-order valence-electron chi connectivity index (χ2n) is 5.77. The van der Waals surface area contributed by atoms with Gasteiger partial charge in [0.05, 0.1) is 0 Å². The van der Waals surface area contributed by atoms with Crippen molar-refractivity contribution in [1.29, 1.82) is 0 Å². The predicted octanol–water partition coefficient (Wildman–Crippen LogP) is 2.13. The van der Waals surface area contributed by atoms with E-state index < -0.39 is 0 Å². The van der Waals surface area contributed by atoms with E-state index >= 15 is 0 Å². The fourth-order valence-corrected chi connectivity index (χ4v) is 3.18. The number of aromatic nitrogens is 3. The van der Waals surface area contributed by atoms with Crippen molar-refractivity contribution in [3.63, 3.8) is 0 Å². The molecule has 1 aliphatic carbocycles. The van der Waals surface area contributed by atoms with Crippen LogP contribution in [0, 0.1) is 10.7 Å². The lowest BCUT2D eigenvalue weighted by Crippen LogP contribution is -2.28. The number of carbonyl (C=O) groups is 1. The summed E-state index contributed by atoms with van der Waals surface area (Å²) in [6, 6.07) is 7.14. The lowest BCUT2D eigenvalue weighted by molar-refractivity contribution is -0.122. The topological polar surface area (TPSA) is 82.9 Å². The van der Waals surface area contributed by atoms with E-state index in [-0.39, 0.29) is 23.5 Å². The number of benzene rings is 1. The van der Waals surface area contributed by atoms with Crippen LogP contribution >= 0.6 is 12.2 Å². The molecule has 0 bridgehead atoms. The van der Waals surface area contributed by atoms with Crippen LogP contribution in [-0.4, -0.2) is 32.3 Å². The summed E-state index contributed by atoms with van der Waals surface area (Å²) in [4.78, 5) is 12.2. The number of aromatic hydroxyl groups is 1.